The smallest absolute Gasteiger partial charge is 0.411 e. The van der Waals surface area contributed by atoms with Gasteiger partial charge in [0.2, 0.25) is 0 Å². The number of alkyl halides is 3. The van der Waals surface area contributed by atoms with Crippen molar-refractivity contribution in [3.63, 3.8) is 0 Å². The summed E-state index contributed by atoms with van der Waals surface area (Å²) in [5.74, 6) is 0.761. The second-order valence-corrected chi connectivity index (χ2v) is 4.65. The van der Waals surface area contributed by atoms with Gasteiger partial charge in [-0.15, -0.1) is 0 Å². The molecule has 6 heteroatoms. The topological polar surface area (TPSA) is 30.5 Å². The van der Waals surface area contributed by atoms with Crippen molar-refractivity contribution in [1.29, 1.82) is 0 Å². The van der Waals surface area contributed by atoms with Crippen molar-refractivity contribution in [3.8, 4) is 5.75 Å². The zero-order valence-electron chi connectivity index (χ0n) is 12.2. The SMILES string of the molecule is CCCNCc1ccccc1OCCCOCC(F)(F)F. The van der Waals surface area contributed by atoms with Crippen LogP contribution in [-0.2, 0) is 11.3 Å². The van der Waals surface area contributed by atoms with E-state index in [-0.39, 0.29) is 6.61 Å². The quantitative estimate of drug-likeness (QED) is 0.671. The van der Waals surface area contributed by atoms with Gasteiger partial charge >= 0.3 is 6.18 Å². The molecule has 0 saturated heterocycles. The number of benzene rings is 1. The van der Waals surface area contributed by atoms with E-state index in [1.807, 2.05) is 24.3 Å². The van der Waals surface area contributed by atoms with Crippen molar-refractivity contribution >= 4 is 0 Å². The van der Waals surface area contributed by atoms with Crippen LogP contribution in [0.2, 0.25) is 0 Å². The highest BCUT2D eigenvalue weighted by Crippen LogP contribution is 2.18. The summed E-state index contributed by atoms with van der Waals surface area (Å²) in [4.78, 5) is 0. The van der Waals surface area contributed by atoms with Gasteiger partial charge in [-0.25, -0.2) is 0 Å². The monoisotopic (exact) mass is 305 g/mol. The molecule has 0 bridgehead atoms. The Morgan fingerprint density at radius 3 is 2.62 bits per heavy atom. The summed E-state index contributed by atoms with van der Waals surface area (Å²) in [6.45, 7) is 2.91. The molecule has 0 unspecified atom stereocenters. The molecule has 0 saturated carbocycles. The second-order valence-electron chi connectivity index (χ2n) is 4.65. The first-order valence-corrected chi connectivity index (χ1v) is 7.09. The van der Waals surface area contributed by atoms with Gasteiger partial charge in [0.25, 0.3) is 0 Å². The summed E-state index contributed by atoms with van der Waals surface area (Å²) < 4.78 is 45.7. The predicted octanol–water partition coefficient (Wildman–Crippen LogP) is 3.53. The van der Waals surface area contributed by atoms with Crippen LogP contribution in [0, 0.1) is 0 Å². The lowest BCUT2D eigenvalue weighted by molar-refractivity contribution is -0.174. The molecule has 0 amide bonds. The molecule has 21 heavy (non-hydrogen) atoms. The van der Waals surface area contributed by atoms with Gasteiger partial charge in [0.05, 0.1) is 13.2 Å². The van der Waals surface area contributed by atoms with Crippen molar-refractivity contribution < 1.29 is 22.6 Å². The third-order valence-electron chi connectivity index (χ3n) is 2.67. The number of nitrogens with one attached hydrogen (secondary N) is 1. The Labute approximate surface area is 123 Å². The van der Waals surface area contributed by atoms with Gasteiger partial charge in [-0.1, -0.05) is 25.1 Å². The molecule has 1 N–H and O–H groups in total. The maximum atomic E-state index is 11.9. The Hall–Kier alpha value is -1.27. The van der Waals surface area contributed by atoms with Crippen molar-refractivity contribution in [2.75, 3.05) is 26.4 Å². The molecule has 3 nitrogen and oxygen atoms in total. The molecule has 1 aromatic carbocycles. The molecular weight excluding hydrogens is 283 g/mol. The fraction of sp³-hybridized carbons (Fsp3) is 0.600. The third-order valence-corrected chi connectivity index (χ3v) is 2.67. The highest BCUT2D eigenvalue weighted by molar-refractivity contribution is 5.33. The van der Waals surface area contributed by atoms with Crippen LogP contribution in [0.5, 0.6) is 5.75 Å². The standard InChI is InChI=1S/C15H22F3NO2/c1-2-8-19-11-13-6-3-4-7-14(13)21-10-5-9-20-12-15(16,17)18/h3-4,6-7,19H,2,5,8-12H2,1H3. The summed E-state index contributed by atoms with van der Waals surface area (Å²) in [6, 6.07) is 7.64. The van der Waals surface area contributed by atoms with Gasteiger partial charge < -0.3 is 14.8 Å². The Kier molecular flexibility index (Phi) is 8.15. The van der Waals surface area contributed by atoms with Crippen LogP contribution in [0.25, 0.3) is 0 Å². The average molecular weight is 305 g/mol. The summed E-state index contributed by atoms with van der Waals surface area (Å²) in [5, 5.41) is 3.29. The lowest BCUT2D eigenvalue weighted by atomic mass is 10.2. The number of ether oxygens (including phenoxy) is 2. The molecule has 0 fully saturated rings. The van der Waals surface area contributed by atoms with E-state index in [0.29, 0.717) is 19.6 Å². The molecule has 0 aliphatic heterocycles. The van der Waals surface area contributed by atoms with Gasteiger partial charge in [-0.2, -0.15) is 13.2 Å². The van der Waals surface area contributed by atoms with E-state index in [4.69, 9.17) is 4.74 Å². The summed E-state index contributed by atoms with van der Waals surface area (Å²) in [5.41, 5.74) is 1.04. The molecule has 0 heterocycles. The number of hydrogen-bond donors (Lipinski definition) is 1. The third kappa shape index (κ3) is 8.57. The molecule has 0 aliphatic rings. The normalized spacial score (nSPS) is 11.6. The minimum atomic E-state index is -4.27. The maximum Gasteiger partial charge on any atom is 0.411 e. The van der Waals surface area contributed by atoms with Gasteiger partial charge in [0.1, 0.15) is 12.4 Å². The average Bonchev–Trinajstić information content (AvgIpc) is 2.43. The van der Waals surface area contributed by atoms with Crippen LogP contribution in [-0.4, -0.2) is 32.5 Å². The molecule has 0 aliphatic carbocycles. The first-order valence-electron chi connectivity index (χ1n) is 7.09. The van der Waals surface area contributed by atoms with Gasteiger partial charge in [-0.3, -0.25) is 0 Å². The molecule has 120 valence electrons. The summed E-state index contributed by atoms with van der Waals surface area (Å²) in [6.07, 6.45) is -2.79. The van der Waals surface area contributed by atoms with Crippen LogP contribution in [0.3, 0.4) is 0 Å². The lowest BCUT2D eigenvalue weighted by Gasteiger charge is -2.12. The number of hydrogen-bond acceptors (Lipinski definition) is 3. The number of halogens is 3. The van der Waals surface area contributed by atoms with Gasteiger partial charge in [0.15, 0.2) is 0 Å². The van der Waals surface area contributed by atoms with Crippen LogP contribution in [0.15, 0.2) is 24.3 Å². The molecule has 0 aromatic heterocycles. The first-order chi connectivity index (χ1) is 10.0. The second kappa shape index (κ2) is 9.63. The highest BCUT2D eigenvalue weighted by atomic mass is 19.4. The largest absolute Gasteiger partial charge is 0.493 e. The predicted molar refractivity (Wildman–Crippen MR) is 75.4 cm³/mol. The van der Waals surface area contributed by atoms with Crippen molar-refractivity contribution in [2.24, 2.45) is 0 Å². The summed E-state index contributed by atoms with van der Waals surface area (Å²) in [7, 11) is 0. The van der Waals surface area contributed by atoms with E-state index in [1.165, 1.54) is 0 Å². The summed E-state index contributed by atoms with van der Waals surface area (Å²) >= 11 is 0. The van der Waals surface area contributed by atoms with Crippen LogP contribution in [0.4, 0.5) is 13.2 Å². The lowest BCUT2D eigenvalue weighted by Crippen LogP contribution is -2.18. The fourth-order valence-electron chi connectivity index (χ4n) is 1.72. The molecule has 0 spiro atoms. The number of para-hydroxylation sites is 1. The van der Waals surface area contributed by atoms with E-state index >= 15 is 0 Å². The maximum absolute atomic E-state index is 11.9. The van der Waals surface area contributed by atoms with Crippen molar-refractivity contribution in [3.05, 3.63) is 29.8 Å². The van der Waals surface area contributed by atoms with E-state index < -0.39 is 12.8 Å². The van der Waals surface area contributed by atoms with E-state index in [0.717, 1.165) is 24.3 Å². The fourth-order valence-corrected chi connectivity index (χ4v) is 1.72. The highest BCUT2D eigenvalue weighted by Gasteiger charge is 2.27. The molecular formula is C15H22F3NO2. The Morgan fingerprint density at radius 2 is 1.90 bits per heavy atom. The molecule has 1 rings (SSSR count). The Morgan fingerprint density at radius 1 is 1.14 bits per heavy atom. The Bertz CT molecular complexity index is 397. The number of rotatable bonds is 10. The molecule has 1 aromatic rings. The minimum Gasteiger partial charge on any atom is -0.493 e. The van der Waals surface area contributed by atoms with E-state index in [1.54, 1.807) is 0 Å². The van der Waals surface area contributed by atoms with E-state index in [9.17, 15) is 13.2 Å². The van der Waals surface area contributed by atoms with Gasteiger partial charge in [0, 0.05) is 18.5 Å². The van der Waals surface area contributed by atoms with E-state index in [2.05, 4.69) is 17.0 Å². The molecule has 0 radical (unpaired) electrons. The zero-order valence-corrected chi connectivity index (χ0v) is 12.2. The van der Waals surface area contributed by atoms with Gasteiger partial charge in [-0.05, 0) is 19.0 Å². The van der Waals surface area contributed by atoms with Crippen molar-refractivity contribution in [2.45, 2.75) is 32.5 Å². The molecule has 0 atom stereocenters. The first kappa shape index (κ1) is 17.8. The Balaban J connectivity index is 2.25. The van der Waals surface area contributed by atoms with Crippen LogP contribution < -0.4 is 10.1 Å². The van der Waals surface area contributed by atoms with Crippen LogP contribution >= 0.6 is 0 Å². The minimum absolute atomic E-state index is 0.0375. The zero-order chi connectivity index (χ0) is 15.6. The van der Waals surface area contributed by atoms with Crippen molar-refractivity contribution in [1.82, 2.24) is 5.32 Å². The van der Waals surface area contributed by atoms with Crippen LogP contribution in [0.1, 0.15) is 25.3 Å².